The fraction of sp³-hybridized carbons (Fsp3) is 0.720. The number of methoxy groups -OCH3 is 4. The van der Waals surface area contributed by atoms with E-state index in [1.165, 1.54) is 7.11 Å². The minimum absolute atomic E-state index is 0.0779. The third-order valence-corrected chi connectivity index (χ3v) is 16.2. The van der Waals surface area contributed by atoms with Crippen LogP contribution in [-0.4, -0.2) is 134 Å². The lowest BCUT2D eigenvalue weighted by atomic mass is 9.42. The first-order valence-electron chi connectivity index (χ1n) is 23.4. The smallest absolute Gasteiger partial charge is 0.338 e. The Morgan fingerprint density at radius 3 is 2.19 bits per heavy atom. The van der Waals surface area contributed by atoms with Gasteiger partial charge >= 0.3 is 11.9 Å². The Balaban J connectivity index is 1.20. The molecule has 1 aromatic rings. The molecule has 3 N–H and O–H groups in total. The van der Waals surface area contributed by atoms with Crippen molar-refractivity contribution in [3.63, 3.8) is 0 Å². The van der Waals surface area contributed by atoms with Crippen molar-refractivity contribution in [3.8, 4) is 0 Å². The van der Waals surface area contributed by atoms with Crippen LogP contribution >= 0.6 is 0 Å². The number of piperidine rings is 1. The topological polar surface area (TPSA) is 153 Å². The summed E-state index contributed by atoms with van der Waals surface area (Å²) in [5.74, 6) is -3.55. The summed E-state index contributed by atoms with van der Waals surface area (Å²) in [4.78, 5) is 31.0. The maximum atomic E-state index is 14.6. The molecular formula is C50H73NO11. The van der Waals surface area contributed by atoms with Gasteiger partial charge in [0.05, 0.1) is 30.5 Å². The number of hydrogen-bond donors (Lipinski definition) is 3. The molecule has 62 heavy (non-hydrogen) atoms. The van der Waals surface area contributed by atoms with E-state index in [0.29, 0.717) is 31.5 Å². The number of carbonyl (C=O) groups is 2. The van der Waals surface area contributed by atoms with E-state index < -0.39 is 94.3 Å². The normalized spacial score (nSPS) is 40.5. The highest BCUT2D eigenvalue weighted by atomic mass is 16.6. The molecule has 1 heterocycles. The minimum atomic E-state index is -1.85. The highest BCUT2D eigenvalue weighted by Crippen LogP contribution is 2.80. The predicted octanol–water partition coefficient (Wildman–Crippen LogP) is 6.22. The lowest BCUT2D eigenvalue weighted by Gasteiger charge is -2.70. The molecular weight excluding hydrogens is 791 g/mol. The van der Waals surface area contributed by atoms with E-state index in [9.17, 15) is 24.9 Å². The third-order valence-electron chi connectivity index (χ3n) is 16.2. The van der Waals surface area contributed by atoms with Gasteiger partial charge in [-0.25, -0.2) is 4.79 Å². The maximum absolute atomic E-state index is 14.6. The molecule has 15 atom stereocenters. The number of nitrogens with zero attached hydrogens (tertiary/aromatic N) is 1. The standard InChI is InChI=1S/C50H73NO11/c1-7-9-10-11-12-13-14-15-16-17-18-19-20-21-25-28-37(53)62-50-38-34(30-48(56,45(60-6)43(50)54)44(38)61-46(55)33-26-23-22-24-27-33)49-36(58-4)29-35(52)47(32-57-3)31-51(8-2)42(49)39(50)40(59-5)41(47)49/h9-10,12-13,15-16,22-24,26-27,34-36,38-45,52,54,56H,7-8,11,14,17-21,25,28-32H2,1-6H3/b10-9+,13-12+,16-15+/t34-,35-,36+,38-,39+,40+,41-,42-,43+,44-,45+,47+,48-,49+,50-/m1/s1. The van der Waals surface area contributed by atoms with Crippen molar-refractivity contribution in [1.29, 1.82) is 0 Å². The second-order valence-electron chi connectivity index (χ2n) is 18.9. The van der Waals surface area contributed by atoms with Crippen LogP contribution in [0.3, 0.4) is 0 Å². The van der Waals surface area contributed by atoms with Gasteiger partial charge in [-0.1, -0.05) is 87.8 Å². The van der Waals surface area contributed by atoms with Crippen molar-refractivity contribution in [1.82, 2.24) is 4.90 Å². The zero-order valence-corrected chi connectivity index (χ0v) is 37.9. The van der Waals surface area contributed by atoms with E-state index in [1.54, 1.807) is 45.6 Å². The lowest BCUT2D eigenvalue weighted by Crippen LogP contribution is -2.81. The number of allylic oxidation sites excluding steroid dienone is 6. The summed E-state index contributed by atoms with van der Waals surface area (Å²) in [6, 6.07) is 8.28. The second kappa shape index (κ2) is 19.7. The van der Waals surface area contributed by atoms with Crippen LogP contribution in [0.15, 0.2) is 66.8 Å². The molecule has 0 unspecified atom stereocenters. The zero-order valence-electron chi connectivity index (χ0n) is 37.9. The maximum Gasteiger partial charge on any atom is 0.338 e. The SMILES string of the molecule is CC/C=C/C/C=C/C/C=C/CCCCCCCC(=O)O[C@]12[C@H]3[C@@H](OC(=O)c4ccccc4)[C@](O)(C[C@H]3[C@@]34[C@@H](OC)C[C@@H](O)[C@@]5(COC)CN(CC)[C@@H]3[C@@H]1[C@H](OC)[C@H]54)[C@@H](OC)[C@@H]2O. The summed E-state index contributed by atoms with van der Waals surface area (Å²) >= 11 is 0. The Labute approximate surface area is 369 Å². The zero-order chi connectivity index (χ0) is 44.3. The first kappa shape index (κ1) is 47.0. The van der Waals surface area contributed by atoms with Crippen LogP contribution in [0.1, 0.15) is 101 Å². The Kier molecular flexibility index (Phi) is 14.9. The number of benzene rings is 1. The van der Waals surface area contributed by atoms with E-state index in [0.717, 1.165) is 51.4 Å². The molecule has 5 saturated carbocycles. The number of aliphatic hydroxyl groups is 3. The van der Waals surface area contributed by atoms with Crippen LogP contribution in [0.4, 0.5) is 0 Å². The van der Waals surface area contributed by atoms with Gasteiger partial charge in [0, 0.05) is 82.5 Å². The fourth-order valence-electron chi connectivity index (χ4n) is 14.2. The van der Waals surface area contributed by atoms with Crippen LogP contribution < -0.4 is 0 Å². The molecule has 1 aromatic carbocycles. The quantitative estimate of drug-likeness (QED) is 0.0690. The summed E-state index contributed by atoms with van der Waals surface area (Å²) in [6.45, 7) is 5.54. The fourth-order valence-corrected chi connectivity index (χ4v) is 14.2. The molecule has 7 bridgehead atoms. The highest BCUT2D eigenvalue weighted by Gasteiger charge is 2.92. The first-order valence-corrected chi connectivity index (χ1v) is 23.4. The van der Waals surface area contributed by atoms with Crippen molar-refractivity contribution >= 4 is 11.9 Å². The largest absolute Gasteiger partial charge is 0.455 e. The Morgan fingerprint density at radius 2 is 1.53 bits per heavy atom. The van der Waals surface area contributed by atoms with E-state index >= 15 is 0 Å². The van der Waals surface area contributed by atoms with E-state index in [-0.39, 0.29) is 25.5 Å². The first-order chi connectivity index (χ1) is 30.0. The summed E-state index contributed by atoms with van der Waals surface area (Å²) in [7, 11) is 6.39. The summed E-state index contributed by atoms with van der Waals surface area (Å²) in [5.41, 5.74) is -4.88. The van der Waals surface area contributed by atoms with Gasteiger partial charge in [0.2, 0.25) is 0 Å². The van der Waals surface area contributed by atoms with Crippen molar-refractivity contribution in [2.45, 2.75) is 145 Å². The molecule has 6 aliphatic rings. The van der Waals surface area contributed by atoms with Gasteiger partial charge in [0.25, 0.3) is 0 Å². The number of likely N-dealkylation sites (tertiary alicyclic amines) is 1. The molecule has 12 heteroatoms. The molecule has 7 rings (SSSR count). The molecule has 0 amide bonds. The molecule has 1 spiro atoms. The molecule has 344 valence electrons. The van der Waals surface area contributed by atoms with Gasteiger partial charge in [-0.05, 0) is 69.5 Å². The number of aliphatic hydroxyl groups excluding tert-OH is 2. The summed E-state index contributed by atoms with van der Waals surface area (Å²) in [5, 5.41) is 38.4. The predicted molar refractivity (Wildman–Crippen MR) is 234 cm³/mol. The van der Waals surface area contributed by atoms with Gasteiger partial charge in [-0.15, -0.1) is 0 Å². The van der Waals surface area contributed by atoms with E-state index in [1.807, 2.05) is 6.07 Å². The van der Waals surface area contributed by atoms with Crippen LogP contribution in [-0.2, 0) is 33.2 Å². The van der Waals surface area contributed by atoms with Crippen molar-refractivity contribution in [2.24, 2.45) is 34.5 Å². The highest BCUT2D eigenvalue weighted by molar-refractivity contribution is 5.89. The van der Waals surface area contributed by atoms with Crippen LogP contribution in [0, 0.1) is 34.5 Å². The molecule has 12 nitrogen and oxygen atoms in total. The van der Waals surface area contributed by atoms with Gasteiger partial charge in [-0.3, -0.25) is 9.69 Å². The minimum Gasteiger partial charge on any atom is -0.455 e. The Hall–Kier alpha value is -2.94. The average Bonchev–Trinajstić information content (AvgIpc) is 3.65. The van der Waals surface area contributed by atoms with Gasteiger partial charge in [0.15, 0.2) is 5.60 Å². The molecule has 1 aliphatic heterocycles. The number of unbranched alkanes of at least 4 members (excludes halogenated alkanes) is 5. The number of fused-ring (bicyclic) bond motifs is 2. The number of hydrogen-bond acceptors (Lipinski definition) is 12. The Morgan fingerprint density at radius 1 is 0.839 bits per heavy atom. The van der Waals surface area contributed by atoms with Crippen LogP contribution in [0.5, 0.6) is 0 Å². The number of carbonyl (C=O) groups excluding carboxylic acids is 2. The van der Waals surface area contributed by atoms with Crippen molar-refractivity contribution in [3.05, 3.63) is 72.4 Å². The second-order valence-corrected chi connectivity index (χ2v) is 18.9. The monoisotopic (exact) mass is 864 g/mol. The van der Waals surface area contributed by atoms with Gasteiger partial charge in [0.1, 0.15) is 23.9 Å². The number of rotatable bonds is 22. The molecule has 5 aliphatic carbocycles. The molecule has 0 aromatic heterocycles. The Bertz CT molecular complexity index is 1770. The van der Waals surface area contributed by atoms with Gasteiger partial charge < -0.3 is 43.7 Å². The third kappa shape index (κ3) is 7.46. The van der Waals surface area contributed by atoms with Gasteiger partial charge in [-0.2, -0.15) is 0 Å². The number of ether oxygens (including phenoxy) is 6. The van der Waals surface area contributed by atoms with Crippen LogP contribution in [0.25, 0.3) is 0 Å². The van der Waals surface area contributed by atoms with Crippen LogP contribution in [0.2, 0.25) is 0 Å². The summed E-state index contributed by atoms with van der Waals surface area (Å²) < 4.78 is 38.7. The molecule has 1 saturated heterocycles. The molecule has 0 radical (unpaired) electrons. The van der Waals surface area contributed by atoms with E-state index in [4.69, 9.17) is 28.4 Å². The van der Waals surface area contributed by atoms with Crippen molar-refractivity contribution < 1.29 is 53.3 Å². The van der Waals surface area contributed by atoms with E-state index in [2.05, 4.69) is 55.2 Å². The number of esters is 2. The average molecular weight is 864 g/mol. The molecule has 6 fully saturated rings. The summed E-state index contributed by atoms with van der Waals surface area (Å²) in [6.07, 6.45) is 16.3. The van der Waals surface area contributed by atoms with Crippen molar-refractivity contribution in [2.75, 3.05) is 48.1 Å². The lowest BCUT2D eigenvalue weighted by molar-refractivity contribution is -0.323.